The third kappa shape index (κ3) is 5.21. The van der Waals surface area contributed by atoms with Crippen molar-refractivity contribution in [3.8, 4) is 17.2 Å². The summed E-state index contributed by atoms with van der Waals surface area (Å²) >= 11 is 0. The normalized spacial score (nSPS) is 19.1. The van der Waals surface area contributed by atoms with Crippen LogP contribution in [0.4, 0.5) is 13.2 Å². The van der Waals surface area contributed by atoms with Gasteiger partial charge in [0.25, 0.3) is 0 Å². The number of halogens is 3. The average Bonchev–Trinajstić information content (AvgIpc) is 3.26. The van der Waals surface area contributed by atoms with Crippen molar-refractivity contribution in [3.63, 3.8) is 0 Å². The molecule has 6 heteroatoms. The molecule has 0 bridgehead atoms. The molecule has 146 valence electrons. The van der Waals surface area contributed by atoms with Gasteiger partial charge in [-0.05, 0) is 56.6 Å². The summed E-state index contributed by atoms with van der Waals surface area (Å²) in [5.41, 5.74) is 0.337. The molecule has 0 N–H and O–H groups in total. The van der Waals surface area contributed by atoms with E-state index in [2.05, 4.69) is 4.74 Å². The van der Waals surface area contributed by atoms with E-state index in [1.165, 1.54) is 18.9 Å². The first-order valence-corrected chi connectivity index (χ1v) is 9.57. The van der Waals surface area contributed by atoms with Crippen LogP contribution in [-0.4, -0.2) is 19.6 Å². The summed E-state index contributed by atoms with van der Waals surface area (Å²) in [4.78, 5) is 0. The fourth-order valence-electron chi connectivity index (χ4n) is 3.93. The number of hydrogen-bond donors (Lipinski definition) is 0. The minimum Gasteiger partial charge on any atom is -0.493 e. The van der Waals surface area contributed by atoms with Crippen molar-refractivity contribution in [1.29, 1.82) is 0 Å². The second-order valence-corrected chi connectivity index (χ2v) is 7.49. The van der Waals surface area contributed by atoms with Crippen molar-refractivity contribution >= 4 is 0 Å². The smallest absolute Gasteiger partial charge is 0.493 e. The molecule has 0 spiro atoms. The number of alkyl halides is 3. The van der Waals surface area contributed by atoms with Gasteiger partial charge in [-0.1, -0.05) is 25.7 Å². The molecule has 0 radical (unpaired) electrons. The van der Waals surface area contributed by atoms with Crippen molar-refractivity contribution in [1.82, 2.24) is 0 Å². The largest absolute Gasteiger partial charge is 0.573 e. The van der Waals surface area contributed by atoms with E-state index in [9.17, 15) is 13.2 Å². The van der Waals surface area contributed by atoms with Crippen molar-refractivity contribution in [3.05, 3.63) is 17.7 Å². The van der Waals surface area contributed by atoms with Crippen LogP contribution in [0.3, 0.4) is 0 Å². The van der Waals surface area contributed by atoms with Gasteiger partial charge in [0.1, 0.15) is 5.75 Å². The maximum Gasteiger partial charge on any atom is 0.573 e. The number of rotatable bonds is 7. The van der Waals surface area contributed by atoms with E-state index in [0.717, 1.165) is 38.5 Å². The molecule has 2 aliphatic carbocycles. The fourth-order valence-corrected chi connectivity index (χ4v) is 3.93. The maximum atomic E-state index is 12.9. The van der Waals surface area contributed by atoms with E-state index in [1.54, 1.807) is 13.0 Å². The van der Waals surface area contributed by atoms with E-state index in [4.69, 9.17) is 9.47 Å². The minimum absolute atomic E-state index is 0.139. The fraction of sp³-hybridized carbons (Fsp3) is 0.700. The Kier molecular flexibility index (Phi) is 6.20. The highest BCUT2D eigenvalue weighted by Gasteiger charge is 2.34. The van der Waals surface area contributed by atoms with Crippen LogP contribution in [0.15, 0.2) is 12.1 Å². The lowest BCUT2D eigenvalue weighted by atomic mass is 10.1. The van der Waals surface area contributed by atoms with Crippen LogP contribution in [0.2, 0.25) is 0 Å². The summed E-state index contributed by atoms with van der Waals surface area (Å²) in [6.07, 6.45) is 4.32. The Labute approximate surface area is 152 Å². The standard InChI is InChI=1S/C20H27F3O3/c1-14-17(24-12-15-6-2-3-7-15)10-11-18(19(14)26-20(21,22)23)25-13-16-8-4-5-9-16/h10-11,15-16H,2-9,12-13H2,1H3. The van der Waals surface area contributed by atoms with Gasteiger partial charge in [-0.15, -0.1) is 13.2 Å². The second-order valence-electron chi connectivity index (χ2n) is 7.49. The van der Waals surface area contributed by atoms with Crippen LogP contribution in [0.5, 0.6) is 17.2 Å². The molecule has 1 aromatic rings. The SMILES string of the molecule is Cc1c(OCC2CCCC2)ccc(OCC2CCCC2)c1OC(F)(F)F. The van der Waals surface area contributed by atoms with Gasteiger partial charge in [-0.3, -0.25) is 0 Å². The van der Waals surface area contributed by atoms with Crippen LogP contribution in [-0.2, 0) is 0 Å². The van der Waals surface area contributed by atoms with Gasteiger partial charge >= 0.3 is 6.36 Å². The first-order chi connectivity index (χ1) is 12.4. The van der Waals surface area contributed by atoms with Gasteiger partial charge in [-0.2, -0.15) is 0 Å². The topological polar surface area (TPSA) is 27.7 Å². The van der Waals surface area contributed by atoms with Gasteiger partial charge in [0.2, 0.25) is 0 Å². The quantitative estimate of drug-likeness (QED) is 0.585. The van der Waals surface area contributed by atoms with Crippen LogP contribution in [0.25, 0.3) is 0 Å². The molecule has 2 saturated carbocycles. The summed E-state index contributed by atoms with van der Waals surface area (Å²) in [7, 11) is 0. The molecule has 0 aliphatic heterocycles. The van der Waals surface area contributed by atoms with Crippen LogP contribution in [0.1, 0.15) is 56.9 Å². The van der Waals surface area contributed by atoms with Crippen LogP contribution < -0.4 is 14.2 Å². The molecule has 3 nitrogen and oxygen atoms in total. The zero-order valence-corrected chi connectivity index (χ0v) is 15.2. The molecule has 2 aliphatic rings. The predicted octanol–water partition coefficient (Wildman–Crippen LogP) is 6.03. The van der Waals surface area contributed by atoms with E-state index in [-0.39, 0.29) is 11.5 Å². The average molecular weight is 372 g/mol. The van der Waals surface area contributed by atoms with Gasteiger partial charge < -0.3 is 14.2 Å². The molecule has 0 saturated heterocycles. The molecule has 26 heavy (non-hydrogen) atoms. The Hall–Kier alpha value is -1.59. The highest BCUT2D eigenvalue weighted by atomic mass is 19.4. The molecule has 0 aromatic heterocycles. The van der Waals surface area contributed by atoms with E-state index in [1.807, 2.05) is 0 Å². The van der Waals surface area contributed by atoms with Gasteiger partial charge in [0.15, 0.2) is 11.5 Å². The molecule has 0 unspecified atom stereocenters. The summed E-state index contributed by atoms with van der Waals surface area (Å²) in [5, 5.41) is 0. The Bertz CT molecular complexity index is 589. The van der Waals surface area contributed by atoms with E-state index < -0.39 is 6.36 Å². The van der Waals surface area contributed by atoms with Crippen LogP contribution in [0, 0.1) is 18.8 Å². The molecule has 3 rings (SSSR count). The van der Waals surface area contributed by atoms with Crippen molar-refractivity contribution in [2.75, 3.05) is 13.2 Å². The van der Waals surface area contributed by atoms with E-state index >= 15 is 0 Å². The second kappa shape index (κ2) is 8.40. The Morgan fingerprint density at radius 3 is 1.81 bits per heavy atom. The molecule has 2 fully saturated rings. The highest BCUT2D eigenvalue weighted by molar-refractivity contribution is 5.53. The lowest BCUT2D eigenvalue weighted by Crippen LogP contribution is -2.19. The molecule has 0 atom stereocenters. The molecule has 0 amide bonds. The maximum absolute atomic E-state index is 12.9. The van der Waals surface area contributed by atoms with Gasteiger partial charge in [0, 0.05) is 5.56 Å². The number of ether oxygens (including phenoxy) is 3. The highest BCUT2D eigenvalue weighted by Crippen LogP contribution is 2.41. The predicted molar refractivity (Wildman–Crippen MR) is 92.8 cm³/mol. The Morgan fingerprint density at radius 2 is 1.31 bits per heavy atom. The van der Waals surface area contributed by atoms with Crippen LogP contribution >= 0.6 is 0 Å². The summed E-state index contributed by atoms with van der Waals surface area (Å²) < 4.78 is 54.5. The van der Waals surface area contributed by atoms with Crippen molar-refractivity contribution in [2.24, 2.45) is 11.8 Å². The minimum atomic E-state index is -4.76. The Morgan fingerprint density at radius 1 is 0.846 bits per heavy atom. The lowest BCUT2D eigenvalue weighted by molar-refractivity contribution is -0.275. The molecular formula is C20H27F3O3. The summed E-state index contributed by atoms with van der Waals surface area (Å²) in [6, 6.07) is 3.23. The first-order valence-electron chi connectivity index (χ1n) is 9.57. The summed E-state index contributed by atoms with van der Waals surface area (Å²) in [5.74, 6) is 1.19. The zero-order chi connectivity index (χ0) is 18.6. The van der Waals surface area contributed by atoms with E-state index in [0.29, 0.717) is 36.4 Å². The number of hydrogen-bond acceptors (Lipinski definition) is 3. The van der Waals surface area contributed by atoms with Crippen molar-refractivity contribution in [2.45, 2.75) is 64.7 Å². The molecule has 1 aromatic carbocycles. The van der Waals surface area contributed by atoms with Gasteiger partial charge in [-0.25, -0.2) is 0 Å². The Balaban J connectivity index is 1.72. The lowest BCUT2D eigenvalue weighted by Gasteiger charge is -2.20. The summed E-state index contributed by atoms with van der Waals surface area (Å²) in [6.45, 7) is 2.55. The molecular weight excluding hydrogens is 345 g/mol. The van der Waals surface area contributed by atoms with Crippen molar-refractivity contribution < 1.29 is 27.4 Å². The third-order valence-corrected chi connectivity index (χ3v) is 5.44. The van der Waals surface area contributed by atoms with Gasteiger partial charge in [0.05, 0.1) is 13.2 Å². The first kappa shape index (κ1) is 19.2. The third-order valence-electron chi connectivity index (χ3n) is 5.44. The zero-order valence-electron chi connectivity index (χ0n) is 15.2. The number of benzene rings is 1. The molecule has 0 heterocycles. The monoisotopic (exact) mass is 372 g/mol.